The first-order valence-electron chi connectivity index (χ1n) is 17.2. The summed E-state index contributed by atoms with van der Waals surface area (Å²) in [6.07, 6.45) is 0. The second kappa shape index (κ2) is 12.2. The molecule has 240 valence electrons. The van der Waals surface area contributed by atoms with Crippen molar-refractivity contribution < 1.29 is 4.42 Å². The van der Waals surface area contributed by atoms with Crippen LogP contribution in [0.25, 0.3) is 75.5 Å². The maximum Gasteiger partial charge on any atom is 0.137 e. The molecule has 0 radical (unpaired) electrons. The molecule has 0 aliphatic rings. The number of nitrogens with zero attached hydrogens (tertiary/aromatic N) is 1. The van der Waals surface area contributed by atoms with Crippen LogP contribution in [0.5, 0.6) is 0 Å². The molecule has 0 amide bonds. The van der Waals surface area contributed by atoms with Crippen LogP contribution < -0.4 is 4.90 Å². The summed E-state index contributed by atoms with van der Waals surface area (Å²) < 4.78 is 9.13. The predicted molar refractivity (Wildman–Crippen MR) is 218 cm³/mol. The Morgan fingerprint density at radius 2 is 0.902 bits per heavy atom. The van der Waals surface area contributed by atoms with Crippen LogP contribution in [0.3, 0.4) is 0 Å². The van der Waals surface area contributed by atoms with E-state index in [2.05, 4.69) is 181 Å². The summed E-state index contributed by atoms with van der Waals surface area (Å²) in [6, 6.07) is 67.4. The Labute approximate surface area is 300 Å². The lowest BCUT2D eigenvalue weighted by Crippen LogP contribution is -2.11. The predicted octanol–water partition coefficient (Wildman–Crippen LogP) is 14.4. The molecule has 0 unspecified atom stereocenters. The molecule has 0 N–H and O–H groups in total. The molecule has 0 bridgehead atoms. The maximum atomic E-state index is 6.49. The van der Waals surface area contributed by atoms with E-state index in [1.165, 1.54) is 42.4 Å². The summed E-state index contributed by atoms with van der Waals surface area (Å²) in [7, 11) is 0. The van der Waals surface area contributed by atoms with E-state index in [0.717, 1.165) is 50.1 Å². The van der Waals surface area contributed by atoms with Crippen LogP contribution in [-0.4, -0.2) is 0 Å². The first kappa shape index (κ1) is 29.5. The molecule has 3 heteroatoms. The van der Waals surface area contributed by atoms with Gasteiger partial charge in [0.05, 0.1) is 5.69 Å². The lowest BCUT2D eigenvalue weighted by molar-refractivity contribution is 0.669. The zero-order valence-electron chi connectivity index (χ0n) is 27.7. The van der Waals surface area contributed by atoms with Gasteiger partial charge >= 0.3 is 0 Å². The summed E-state index contributed by atoms with van der Waals surface area (Å²) in [5.41, 5.74) is 12.0. The number of hydrogen-bond donors (Lipinski definition) is 0. The molecule has 0 fully saturated rings. The van der Waals surface area contributed by atoms with Crippen molar-refractivity contribution in [3.05, 3.63) is 188 Å². The van der Waals surface area contributed by atoms with Crippen LogP contribution >= 0.6 is 11.3 Å². The van der Waals surface area contributed by atoms with Gasteiger partial charge in [0, 0.05) is 53.9 Å². The van der Waals surface area contributed by atoms with Crippen LogP contribution in [0.2, 0.25) is 0 Å². The molecule has 10 rings (SSSR count). The summed E-state index contributed by atoms with van der Waals surface area (Å²) >= 11 is 1.85. The molecular formula is C48H31NOS. The smallest absolute Gasteiger partial charge is 0.137 e. The fourth-order valence-corrected chi connectivity index (χ4v) is 8.45. The minimum atomic E-state index is 0.865. The van der Waals surface area contributed by atoms with Gasteiger partial charge in [-0.05, 0) is 82.4 Å². The molecule has 0 saturated heterocycles. The highest BCUT2D eigenvalue weighted by atomic mass is 32.1. The van der Waals surface area contributed by atoms with E-state index in [1.807, 2.05) is 23.5 Å². The van der Waals surface area contributed by atoms with Crippen molar-refractivity contribution in [1.82, 2.24) is 0 Å². The van der Waals surface area contributed by atoms with E-state index >= 15 is 0 Å². The molecule has 10 aromatic rings. The van der Waals surface area contributed by atoms with Gasteiger partial charge in [-0.1, -0.05) is 127 Å². The third-order valence-electron chi connectivity index (χ3n) is 9.89. The number of fused-ring (bicyclic) bond motifs is 6. The van der Waals surface area contributed by atoms with Crippen molar-refractivity contribution in [3.8, 4) is 33.4 Å². The second-order valence-corrected chi connectivity index (χ2v) is 14.0. The van der Waals surface area contributed by atoms with E-state index in [1.54, 1.807) is 0 Å². The minimum absolute atomic E-state index is 0.865. The van der Waals surface area contributed by atoms with E-state index in [-0.39, 0.29) is 0 Å². The summed E-state index contributed by atoms with van der Waals surface area (Å²) in [4.78, 5) is 2.36. The van der Waals surface area contributed by atoms with Crippen LogP contribution in [0, 0.1) is 0 Å². The molecule has 2 heterocycles. The Morgan fingerprint density at radius 1 is 0.353 bits per heavy atom. The lowest BCUT2D eigenvalue weighted by atomic mass is 9.98. The van der Waals surface area contributed by atoms with Crippen molar-refractivity contribution in [1.29, 1.82) is 0 Å². The number of furan rings is 1. The minimum Gasteiger partial charge on any atom is -0.456 e. The lowest BCUT2D eigenvalue weighted by Gasteiger charge is -2.28. The van der Waals surface area contributed by atoms with Crippen LogP contribution in [0.4, 0.5) is 17.1 Å². The van der Waals surface area contributed by atoms with Gasteiger partial charge in [0.15, 0.2) is 0 Å². The zero-order valence-corrected chi connectivity index (χ0v) is 28.5. The fourth-order valence-electron chi connectivity index (χ4n) is 7.36. The molecular weight excluding hydrogens is 639 g/mol. The van der Waals surface area contributed by atoms with Crippen LogP contribution in [0.15, 0.2) is 192 Å². The third-order valence-corrected chi connectivity index (χ3v) is 11.0. The van der Waals surface area contributed by atoms with Crippen LogP contribution in [0.1, 0.15) is 0 Å². The van der Waals surface area contributed by atoms with Crippen molar-refractivity contribution in [2.75, 3.05) is 4.90 Å². The monoisotopic (exact) mass is 669 g/mol. The quantitative estimate of drug-likeness (QED) is 0.175. The van der Waals surface area contributed by atoms with E-state index < -0.39 is 0 Å². The molecule has 0 atom stereocenters. The van der Waals surface area contributed by atoms with Crippen LogP contribution in [-0.2, 0) is 0 Å². The zero-order chi connectivity index (χ0) is 33.7. The Bertz CT molecular complexity index is 2830. The van der Waals surface area contributed by atoms with E-state index in [9.17, 15) is 0 Å². The van der Waals surface area contributed by atoms with Gasteiger partial charge in [-0.2, -0.15) is 0 Å². The average Bonchev–Trinajstić information content (AvgIpc) is 3.76. The van der Waals surface area contributed by atoms with Gasteiger partial charge in [0.25, 0.3) is 0 Å². The Morgan fingerprint density at radius 3 is 1.63 bits per heavy atom. The van der Waals surface area contributed by atoms with Gasteiger partial charge in [-0.25, -0.2) is 0 Å². The van der Waals surface area contributed by atoms with Gasteiger partial charge < -0.3 is 9.32 Å². The number of rotatable bonds is 6. The van der Waals surface area contributed by atoms with Crippen molar-refractivity contribution in [2.24, 2.45) is 0 Å². The average molecular weight is 670 g/mol. The molecule has 2 nitrogen and oxygen atoms in total. The third kappa shape index (κ3) is 5.18. The van der Waals surface area contributed by atoms with Gasteiger partial charge in [-0.3, -0.25) is 0 Å². The Kier molecular flexibility index (Phi) is 7.04. The topological polar surface area (TPSA) is 16.4 Å². The Hall–Kier alpha value is -6.42. The number of anilines is 3. The number of hydrogen-bond acceptors (Lipinski definition) is 3. The summed E-state index contributed by atoms with van der Waals surface area (Å²) in [5.74, 6) is 0. The second-order valence-electron chi connectivity index (χ2n) is 12.9. The number of thiophene rings is 1. The number of benzene rings is 8. The van der Waals surface area contributed by atoms with E-state index in [0.29, 0.717) is 0 Å². The highest BCUT2D eigenvalue weighted by Crippen LogP contribution is 2.45. The van der Waals surface area contributed by atoms with E-state index in [4.69, 9.17) is 4.42 Å². The molecule has 0 aliphatic carbocycles. The molecule has 8 aromatic carbocycles. The van der Waals surface area contributed by atoms with Gasteiger partial charge in [0.2, 0.25) is 0 Å². The highest BCUT2D eigenvalue weighted by molar-refractivity contribution is 7.25. The highest BCUT2D eigenvalue weighted by Gasteiger charge is 2.21. The molecule has 2 aromatic heterocycles. The maximum absolute atomic E-state index is 6.49. The SMILES string of the molecule is c1ccc(-c2ccc(N(c3ccc(-c4ccc5sc6ccccc6c5c4)cc3)c3cc4oc5ccccc5c4cc3-c3ccccc3)cc2)cc1. The molecule has 0 spiro atoms. The van der Waals surface area contributed by atoms with Gasteiger partial charge in [0.1, 0.15) is 11.2 Å². The number of para-hydroxylation sites is 1. The van der Waals surface area contributed by atoms with Gasteiger partial charge in [-0.15, -0.1) is 11.3 Å². The summed E-state index contributed by atoms with van der Waals surface area (Å²) in [5, 5.41) is 4.86. The van der Waals surface area contributed by atoms with Crippen molar-refractivity contribution in [3.63, 3.8) is 0 Å². The Balaban J connectivity index is 1.15. The fraction of sp³-hybridized carbons (Fsp3) is 0. The molecule has 51 heavy (non-hydrogen) atoms. The molecule has 0 aliphatic heterocycles. The first-order valence-corrected chi connectivity index (χ1v) is 18.1. The largest absolute Gasteiger partial charge is 0.456 e. The summed E-state index contributed by atoms with van der Waals surface area (Å²) in [6.45, 7) is 0. The molecule has 0 saturated carbocycles. The van der Waals surface area contributed by atoms with Crippen molar-refractivity contribution in [2.45, 2.75) is 0 Å². The standard InChI is InChI=1S/C48H31NOS/c1-3-11-32(12-4-1)33-19-24-37(25-20-33)49(38-26-21-34(22-27-38)36-23-28-48-43(29-36)40-16-8-10-18-47(40)51-48)44-31-46-42(39-15-7-9-17-45(39)50-46)30-41(44)35-13-5-2-6-14-35/h1-31H. The van der Waals surface area contributed by atoms with Crippen molar-refractivity contribution >= 4 is 70.5 Å². The normalized spacial score (nSPS) is 11.5. The first-order chi connectivity index (χ1) is 25.3.